The smallest absolute Gasteiger partial charge is 0.475 e. The first-order valence-corrected chi connectivity index (χ1v) is 10.5. The van der Waals surface area contributed by atoms with Crippen LogP contribution in [0.4, 0.5) is 33.5 Å². The van der Waals surface area contributed by atoms with Gasteiger partial charge in [-0.15, -0.1) is 0 Å². The third-order valence-corrected chi connectivity index (χ3v) is 5.32. The summed E-state index contributed by atoms with van der Waals surface area (Å²) in [5.74, 6) is -5.91. The molecular formula is C20H20F5N9O3. The number of nitrogens with zero attached hydrogens (tertiary/aromatic N) is 6. The summed E-state index contributed by atoms with van der Waals surface area (Å²) >= 11 is 0. The molecular weight excluding hydrogens is 509 g/mol. The summed E-state index contributed by atoms with van der Waals surface area (Å²) in [5, 5.41) is 29.9. The van der Waals surface area contributed by atoms with Crippen LogP contribution in [-0.4, -0.2) is 65.5 Å². The van der Waals surface area contributed by atoms with Gasteiger partial charge in [-0.05, 0) is 18.9 Å². The van der Waals surface area contributed by atoms with Crippen LogP contribution in [0.25, 0.3) is 5.65 Å². The van der Waals surface area contributed by atoms with E-state index in [1.807, 2.05) is 6.07 Å². The molecule has 37 heavy (non-hydrogen) atoms. The number of aliphatic carboxylic acids is 1. The molecule has 1 aliphatic rings. The number of hydrogen-bond acceptors (Lipinski definition) is 8. The Bertz CT molecular complexity index is 1350. The first-order chi connectivity index (χ1) is 17.2. The monoisotopic (exact) mass is 529 g/mol. The van der Waals surface area contributed by atoms with E-state index in [9.17, 15) is 26.7 Å². The van der Waals surface area contributed by atoms with Gasteiger partial charge in [-0.1, -0.05) is 0 Å². The topological polar surface area (TPSA) is 176 Å². The van der Waals surface area contributed by atoms with Gasteiger partial charge in [0.2, 0.25) is 0 Å². The first kappa shape index (κ1) is 27.3. The van der Waals surface area contributed by atoms with Crippen LogP contribution in [0.1, 0.15) is 35.3 Å². The Hall–Kier alpha value is -4.33. The van der Waals surface area contributed by atoms with Crippen LogP contribution in [0, 0.1) is 11.3 Å². The number of aryl methyl sites for hydroxylation is 1. The fraction of sp³-hybridized carbons (Fsp3) is 0.400. The number of hydrogen-bond donors (Lipinski definition) is 4. The minimum absolute atomic E-state index is 0.0739. The Morgan fingerprint density at radius 2 is 2.03 bits per heavy atom. The highest BCUT2D eigenvalue weighted by Gasteiger charge is 2.44. The van der Waals surface area contributed by atoms with Crippen molar-refractivity contribution in [2.75, 3.05) is 10.6 Å². The third-order valence-electron chi connectivity index (χ3n) is 5.32. The van der Waals surface area contributed by atoms with Crippen LogP contribution in [0.3, 0.4) is 0 Å². The Kier molecular flexibility index (Phi) is 7.62. The van der Waals surface area contributed by atoms with Crippen molar-refractivity contribution >= 4 is 29.0 Å². The van der Waals surface area contributed by atoms with E-state index < -0.39 is 36.1 Å². The third kappa shape index (κ3) is 6.27. The van der Waals surface area contributed by atoms with E-state index in [-0.39, 0.29) is 29.0 Å². The molecule has 3 aromatic heterocycles. The van der Waals surface area contributed by atoms with E-state index in [0.29, 0.717) is 18.7 Å². The molecule has 0 aromatic carbocycles. The largest absolute Gasteiger partial charge is 0.490 e. The molecule has 0 aliphatic heterocycles. The van der Waals surface area contributed by atoms with Gasteiger partial charge in [0.15, 0.2) is 11.3 Å². The summed E-state index contributed by atoms with van der Waals surface area (Å²) < 4.78 is 62.4. The molecule has 0 radical (unpaired) electrons. The summed E-state index contributed by atoms with van der Waals surface area (Å²) in [4.78, 5) is 26.0. The van der Waals surface area contributed by atoms with Crippen molar-refractivity contribution in [3.8, 4) is 6.07 Å². The zero-order chi connectivity index (χ0) is 27.5. The standard InChI is InChI=1S/C18H19F2N9O.C2HF3O2/c1-28-9-13(12(7-21)27-28)25-17(30)10-8-23-29-6-4-14(26-16(10)29)24-11-3-2-5-18(19,20)15(11)22;3-2(4,5)1(6)7/h4,6,8-9,11,15H,2-3,5,22H2,1H3,(H,24,26)(H,25,30);(H,6,7)/t11-,15-;/m1./s1. The van der Waals surface area contributed by atoms with Gasteiger partial charge in [-0.25, -0.2) is 23.1 Å². The molecule has 4 rings (SSSR count). The molecule has 198 valence electrons. The zero-order valence-electron chi connectivity index (χ0n) is 19.0. The Morgan fingerprint density at radius 3 is 2.65 bits per heavy atom. The van der Waals surface area contributed by atoms with E-state index in [1.54, 1.807) is 19.3 Å². The molecule has 1 saturated carbocycles. The zero-order valence-corrected chi connectivity index (χ0v) is 19.0. The number of amides is 1. The van der Waals surface area contributed by atoms with Gasteiger partial charge >= 0.3 is 12.1 Å². The van der Waals surface area contributed by atoms with Crippen LogP contribution in [0.15, 0.2) is 24.7 Å². The quantitative estimate of drug-likeness (QED) is 0.369. The number of nitrogens with two attached hydrogens (primary N) is 1. The summed E-state index contributed by atoms with van der Waals surface area (Å²) in [5.41, 5.74) is 6.46. The van der Waals surface area contributed by atoms with E-state index >= 15 is 0 Å². The number of fused-ring (bicyclic) bond motifs is 1. The van der Waals surface area contributed by atoms with Crippen LogP contribution in [0.5, 0.6) is 0 Å². The second kappa shape index (κ2) is 10.3. The molecule has 3 heterocycles. The van der Waals surface area contributed by atoms with Gasteiger partial charge in [0, 0.05) is 31.9 Å². The predicted molar refractivity (Wildman–Crippen MR) is 117 cm³/mol. The van der Waals surface area contributed by atoms with E-state index in [0.717, 1.165) is 0 Å². The van der Waals surface area contributed by atoms with Crippen molar-refractivity contribution < 1.29 is 36.6 Å². The lowest BCUT2D eigenvalue weighted by Crippen LogP contribution is -2.55. The molecule has 1 fully saturated rings. The highest BCUT2D eigenvalue weighted by molar-refractivity contribution is 6.08. The maximum Gasteiger partial charge on any atom is 0.490 e. The number of rotatable bonds is 4. The first-order valence-electron chi connectivity index (χ1n) is 10.5. The van der Waals surface area contributed by atoms with Gasteiger partial charge in [0.1, 0.15) is 17.5 Å². The van der Waals surface area contributed by atoms with Gasteiger partial charge in [-0.3, -0.25) is 9.48 Å². The molecule has 1 aliphatic carbocycles. The lowest BCUT2D eigenvalue weighted by Gasteiger charge is -2.36. The lowest BCUT2D eigenvalue weighted by atomic mass is 9.87. The Balaban J connectivity index is 0.000000479. The minimum atomic E-state index is -5.08. The van der Waals surface area contributed by atoms with Gasteiger partial charge in [0.05, 0.1) is 17.9 Å². The van der Waals surface area contributed by atoms with Crippen molar-refractivity contribution in [1.82, 2.24) is 24.4 Å². The van der Waals surface area contributed by atoms with Crippen molar-refractivity contribution in [1.29, 1.82) is 5.26 Å². The maximum absolute atomic E-state index is 13.9. The number of carbonyl (C=O) groups excluding carboxylic acids is 1. The highest BCUT2D eigenvalue weighted by atomic mass is 19.4. The molecule has 3 aromatic rings. The Morgan fingerprint density at radius 1 is 1.35 bits per heavy atom. The molecule has 2 atom stereocenters. The predicted octanol–water partition coefficient (Wildman–Crippen LogP) is 2.15. The summed E-state index contributed by atoms with van der Waals surface area (Å²) in [6.45, 7) is 0. The SMILES string of the molecule is Cn1cc(NC(=O)c2cnn3ccc(N[C@@H]4CCCC(F)(F)[C@@H]4N)nc23)c(C#N)n1.O=C(O)C(F)(F)F. The summed E-state index contributed by atoms with van der Waals surface area (Å²) in [6, 6.07) is 1.51. The number of aromatic nitrogens is 5. The van der Waals surface area contributed by atoms with Gasteiger partial charge < -0.3 is 21.5 Å². The fourth-order valence-electron chi connectivity index (χ4n) is 3.51. The number of alkyl halides is 5. The Labute approximate surface area is 204 Å². The molecule has 5 N–H and O–H groups in total. The number of nitriles is 1. The average molecular weight is 529 g/mol. The maximum atomic E-state index is 13.9. The van der Waals surface area contributed by atoms with E-state index in [2.05, 4.69) is 25.8 Å². The number of nitrogens with one attached hydrogen (secondary N) is 2. The van der Waals surface area contributed by atoms with Crippen LogP contribution in [-0.2, 0) is 11.8 Å². The molecule has 1 amide bonds. The van der Waals surface area contributed by atoms with Crippen molar-refractivity contribution in [2.45, 2.75) is 43.4 Å². The van der Waals surface area contributed by atoms with Crippen molar-refractivity contribution in [2.24, 2.45) is 12.8 Å². The van der Waals surface area contributed by atoms with Crippen LogP contribution < -0.4 is 16.4 Å². The number of carbonyl (C=O) groups is 2. The van der Waals surface area contributed by atoms with Crippen LogP contribution in [0.2, 0.25) is 0 Å². The molecule has 0 unspecified atom stereocenters. The number of halogens is 5. The lowest BCUT2D eigenvalue weighted by molar-refractivity contribution is -0.192. The number of anilines is 2. The second-order valence-electron chi connectivity index (χ2n) is 8.00. The second-order valence-corrected chi connectivity index (χ2v) is 8.00. The number of carboxylic acid groups (broad SMARTS) is 1. The average Bonchev–Trinajstić information content (AvgIpc) is 3.39. The molecule has 17 heteroatoms. The number of carboxylic acids is 1. The molecule has 0 spiro atoms. The van der Waals surface area contributed by atoms with Gasteiger partial charge in [-0.2, -0.15) is 28.6 Å². The van der Waals surface area contributed by atoms with Gasteiger partial charge in [0.25, 0.3) is 11.8 Å². The van der Waals surface area contributed by atoms with Crippen molar-refractivity contribution in [3.63, 3.8) is 0 Å². The highest BCUT2D eigenvalue weighted by Crippen LogP contribution is 2.33. The van der Waals surface area contributed by atoms with Crippen LogP contribution >= 0.6 is 0 Å². The van der Waals surface area contributed by atoms with Crippen molar-refractivity contribution in [3.05, 3.63) is 35.9 Å². The summed E-state index contributed by atoms with van der Waals surface area (Å²) in [7, 11) is 1.63. The molecule has 0 bridgehead atoms. The molecule has 0 saturated heterocycles. The molecule has 12 nitrogen and oxygen atoms in total. The normalized spacial score (nSPS) is 18.9. The minimum Gasteiger partial charge on any atom is -0.475 e. The van der Waals surface area contributed by atoms with E-state index in [1.165, 1.54) is 21.6 Å². The van der Waals surface area contributed by atoms with E-state index in [4.69, 9.17) is 20.9 Å². The fourth-order valence-corrected chi connectivity index (χ4v) is 3.51. The summed E-state index contributed by atoms with van der Waals surface area (Å²) in [6.07, 6.45) is -0.0531.